The van der Waals surface area contributed by atoms with Crippen molar-refractivity contribution >= 4 is 38.9 Å². The molecule has 0 unspecified atom stereocenters. The van der Waals surface area contributed by atoms with Gasteiger partial charge in [0.2, 0.25) is 5.91 Å². The van der Waals surface area contributed by atoms with Crippen molar-refractivity contribution in [1.29, 1.82) is 0 Å². The maximum atomic E-state index is 11.2. The Bertz CT molecular complexity index is 521. The Balaban J connectivity index is 2.24. The molecule has 1 aromatic heterocycles. The largest absolute Gasteiger partial charge is 0.351 e. The number of nitrogens with one attached hydrogen (secondary N) is 1. The fraction of sp³-hybridized carbons (Fsp3) is 0.250. The van der Waals surface area contributed by atoms with Crippen LogP contribution in [0.1, 0.15) is 18.2 Å². The molecule has 0 fully saturated rings. The Labute approximate surface area is 103 Å². The third-order valence-corrected chi connectivity index (χ3v) is 4.08. The minimum atomic E-state index is 0.0496. The van der Waals surface area contributed by atoms with Crippen LogP contribution in [0.2, 0.25) is 5.02 Å². The van der Waals surface area contributed by atoms with Gasteiger partial charge >= 0.3 is 0 Å². The predicted molar refractivity (Wildman–Crippen MR) is 69.0 cm³/mol. The fourth-order valence-electron chi connectivity index (χ4n) is 1.48. The molecule has 0 saturated carbocycles. The van der Waals surface area contributed by atoms with Gasteiger partial charge in [-0.3, -0.25) is 4.79 Å². The van der Waals surface area contributed by atoms with E-state index in [1.54, 1.807) is 11.3 Å². The SMILES string of the molecule is CCC(=O)NCc1sc2ccccc2c1Cl. The van der Waals surface area contributed by atoms with Crippen LogP contribution in [0.15, 0.2) is 24.3 Å². The second-order valence-corrected chi connectivity index (χ2v) is 4.98. The van der Waals surface area contributed by atoms with Crippen molar-refractivity contribution in [2.45, 2.75) is 19.9 Å². The number of fused-ring (bicyclic) bond motifs is 1. The van der Waals surface area contributed by atoms with Gasteiger partial charge in [0.05, 0.1) is 11.6 Å². The lowest BCUT2D eigenvalue weighted by Gasteiger charge is -2.00. The molecular weight excluding hydrogens is 242 g/mol. The van der Waals surface area contributed by atoms with Crippen LogP contribution in [0.3, 0.4) is 0 Å². The lowest BCUT2D eigenvalue weighted by Crippen LogP contribution is -2.20. The lowest BCUT2D eigenvalue weighted by molar-refractivity contribution is -0.120. The molecular formula is C12H12ClNOS. The number of carbonyl (C=O) groups is 1. The highest BCUT2D eigenvalue weighted by Crippen LogP contribution is 2.34. The zero-order valence-electron chi connectivity index (χ0n) is 8.92. The highest BCUT2D eigenvalue weighted by atomic mass is 35.5. The molecule has 4 heteroatoms. The van der Waals surface area contributed by atoms with Crippen molar-refractivity contribution in [1.82, 2.24) is 5.32 Å². The topological polar surface area (TPSA) is 29.1 Å². The number of rotatable bonds is 3. The normalized spacial score (nSPS) is 10.6. The van der Waals surface area contributed by atoms with Crippen molar-refractivity contribution in [2.24, 2.45) is 0 Å². The third-order valence-electron chi connectivity index (χ3n) is 2.37. The molecule has 2 aromatic rings. The molecule has 0 atom stereocenters. The van der Waals surface area contributed by atoms with Crippen LogP contribution >= 0.6 is 22.9 Å². The Morgan fingerprint density at radius 3 is 2.88 bits per heavy atom. The van der Waals surface area contributed by atoms with Crippen LogP contribution in [0, 0.1) is 0 Å². The maximum Gasteiger partial charge on any atom is 0.220 e. The summed E-state index contributed by atoms with van der Waals surface area (Å²) in [7, 11) is 0. The fourth-order valence-corrected chi connectivity index (χ4v) is 2.92. The Morgan fingerprint density at radius 2 is 2.19 bits per heavy atom. The van der Waals surface area contributed by atoms with Crippen LogP contribution in [0.5, 0.6) is 0 Å². The summed E-state index contributed by atoms with van der Waals surface area (Å²) in [6.07, 6.45) is 0.502. The molecule has 1 aromatic carbocycles. The molecule has 1 heterocycles. The average molecular weight is 254 g/mol. The second-order valence-electron chi connectivity index (χ2n) is 3.47. The van der Waals surface area contributed by atoms with Crippen LogP contribution in [-0.4, -0.2) is 5.91 Å². The minimum absolute atomic E-state index is 0.0496. The van der Waals surface area contributed by atoms with E-state index in [9.17, 15) is 4.79 Å². The Kier molecular flexibility index (Phi) is 3.46. The van der Waals surface area contributed by atoms with Crippen molar-refractivity contribution in [2.75, 3.05) is 0 Å². The summed E-state index contributed by atoms with van der Waals surface area (Å²) in [5, 5.41) is 4.66. The van der Waals surface area contributed by atoms with Crippen molar-refractivity contribution in [3.63, 3.8) is 0 Å². The van der Waals surface area contributed by atoms with Crippen molar-refractivity contribution in [3.05, 3.63) is 34.2 Å². The van der Waals surface area contributed by atoms with E-state index in [1.165, 1.54) is 0 Å². The number of hydrogen-bond acceptors (Lipinski definition) is 2. The molecule has 1 N–H and O–H groups in total. The molecule has 0 saturated heterocycles. The first-order valence-electron chi connectivity index (χ1n) is 5.15. The predicted octanol–water partition coefficient (Wildman–Crippen LogP) is 3.58. The van der Waals surface area contributed by atoms with E-state index in [0.29, 0.717) is 13.0 Å². The summed E-state index contributed by atoms with van der Waals surface area (Å²) < 4.78 is 1.16. The van der Waals surface area contributed by atoms with Gasteiger partial charge in [-0.1, -0.05) is 36.7 Å². The number of amides is 1. The van der Waals surface area contributed by atoms with Crippen LogP contribution in [0.4, 0.5) is 0 Å². The molecule has 0 radical (unpaired) electrons. The zero-order valence-corrected chi connectivity index (χ0v) is 10.5. The smallest absolute Gasteiger partial charge is 0.220 e. The Hall–Kier alpha value is -1.06. The second kappa shape index (κ2) is 4.85. The van der Waals surface area contributed by atoms with Gasteiger partial charge < -0.3 is 5.32 Å². The Morgan fingerprint density at radius 1 is 1.44 bits per heavy atom. The number of hydrogen-bond donors (Lipinski definition) is 1. The number of benzene rings is 1. The standard InChI is InChI=1S/C12H12ClNOS/c1-2-11(15)14-7-10-12(13)8-5-3-4-6-9(8)16-10/h3-6H,2,7H2,1H3,(H,14,15). The quantitative estimate of drug-likeness (QED) is 0.890. The van der Waals surface area contributed by atoms with E-state index in [1.807, 2.05) is 31.2 Å². The van der Waals surface area contributed by atoms with E-state index in [-0.39, 0.29) is 5.91 Å². The van der Waals surface area contributed by atoms with Gasteiger partial charge in [0.15, 0.2) is 0 Å². The van der Waals surface area contributed by atoms with Crippen molar-refractivity contribution in [3.8, 4) is 0 Å². The minimum Gasteiger partial charge on any atom is -0.351 e. The molecule has 0 spiro atoms. The van der Waals surface area contributed by atoms with Gasteiger partial charge in [0.25, 0.3) is 0 Å². The highest BCUT2D eigenvalue weighted by Gasteiger charge is 2.09. The summed E-state index contributed by atoms with van der Waals surface area (Å²) >= 11 is 7.87. The van der Waals surface area contributed by atoms with Gasteiger partial charge in [-0.2, -0.15) is 0 Å². The summed E-state index contributed by atoms with van der Waals surface area (Å²) in [5.74, 6) is 0.0496. The summed E-state index contributed by atoms with van der Waals surface area (Å²) in [6.45, 7) is 2.35. The van der Waals surface area contributed by atoms with Crippen molar-refractivity contribution < 1.29 is 4.79 Å². The first-order valence-corrected chi connectivity index (χ1v) is 6.34. The molecule has 16 heavy (non-hydrogen) atoms. The number of halogens is 1. The van der Waals surface area contributed by atoms with E-state index in [0.717, 1.165) is 20.0 Å². The van der Waals surface area contributed by atoms with Crippen LogP contribution in [-0.2, 0) is 11.3 Å². The molecule has 2 rings (SSSR count). The molecule has 1 amide bonds. The number of thiophene rings is 1. The van der Waals surface area contributed by atoms with Crippen LogP contribution < -0.4 is 5.32 Å². The highest BCUT2D eigenvalue weighted by molar-refractivity contribution is 7.19. The van der Waals surface area contributed by atoms with E-state index in [4.69, 9.17) is 11.6 Å². The summed E-state index contributed by atoms with van der Waals surface area (Å²) in [5.41, 5.74) is 0. The van der Waals surface area contributed by atoms with E-state index < -0.39 is 0 Å². The maximum absolute atomic E-state index is 11.2. The molecule has 0 bridgehead atoms. The summed E-state index contributed by atoms with van der Waals surface area (Å²) in [6, 6.07) is 8.00. The van der Waals surface area contributed by atoms with Gasteiger partial charge in [-0.05, 0) is 6.07 Å². The van der Waals surface area contributed by atoms with Gasteiger partial charge in [-0.15, -0.1) is 11.3 Å². The van der Waals surface area contributed by atoms with Gasteiger partial charge in [0, 0.05) is 21.4 Å². The third kappa shape index (κ3) is 2.20. The van der Waals surface area contributed by atoms with E-state index in [2.05, 4.69) is 5.32 Å². The summed E-state index contributed by atoms with van der Waals surface area (Å²) in [4.78, 5) is 12.2. The molecule has 0 aliphatic carbocycles. The first-order chi connectivity index (χ1) is 7.72. The van der Waals surface area contributed by atoms with E-state index >= 15 is 0 Å². The molecule has 2 nitrogen and oxygen atoms in total. The molecule has 0 aliphatic rings. The zero-order chi connectivity index (χ0) is 11.5. The van der Waals surface area contributed by atoms with Crippen LogP contribution in [0.25, 0.3) is 10.1 Å². The first kappa shape index (κ1) is 11.4. The van der Waals surface area contributed by atoms with Gasteiger partial charge in [-0.25, -0.2) is 0 Å². The molecule has 0 aliphatic heterocycles. The number of carbonyl (C=O) groups excluding carboxylic acids is 1. The lowest BCUT2D eigenvalue weighted by atomic mass is 10.2. The average Bonchev–Trinajstić information content (AvgIpc) is 2.64. The monoisotopic (exact) mass is 253 g/mol. The van der Waals surface area contributed by atoms with Gasteiger partial charge in [0.1, 0.15) is 0 Å². The molecule has 84 valence electrons.